The number of nitrogens with zero attached hydrogens (tertiary/aromatic N) is 4. The average Bonchev–Trinajstić information content (AvgIpc) is 2.76. The van der Waals surface area contributed by atoms with E-state index in [4.69, 9.17) is 5.73 Å². The van der Waals surface area contributed by atoms with Crippen LogP contribution in [0, 0.1) is 10.1 Å². The molecule has 8 nitrogen and oxygen atoms in total. The van der Waals surface area contributed by atoms with E-state index in [1.165, 1.54) is 16.8 Å². The van der Waals surface area contributed by atoms with Crippen LogP contribution in [0.1, 0.15) is 24.2 Å². The second-order valence-electron chi connectivity index (χ2n) is 5.12. The highest BCUT2D eigenvalue weighted by molar-refractivity contribution is 5.59. The zero-order chi connectivity index (χ0) is 15.0. The lowest BCUT2D eigenvalue weighted by Gasteiger charge is -2.09. The third-order valence-electron chi connectivity index (χ3n) is 3.65. The van der Waals surface area contributed by atoms with Gasteiger partial charge in [0.15, 0.2) is 0 Å². The largest absolute Gasteiger partial charge is 0.393 e. The van der Waals surface area contributed by atoms with E-state index in [2.05, 4.69) is 5.10 Å². The summed E-state index contributed by atoms with van der Waals surface area (Å²) in [6.07, 6.45) is 2.84. The molecule has 1 aliphatic heterocycles. The molecule has 110 valence electrons. The van der Waals surface area contributed by atoms with Crippen LogP contribution >= 0.6 is 0 Å². The second kappa shape index (κ2) is 5.04. The van der Waals surface area contributed by atoms with Crippen LogP contribution in [-0.2, 0) is 19.5 Å². The van der Waals surface area contributed by atoms with Gasteiger partial charge in [-0.15, -0.1) is 0 Å². The summed E-state index contributed by atoms with van der Waals surface area (Å²) in [4.78, 5) is 22.4. The Bertz CT molecular complexity index is 762. The van der Waals surface area contributed by atoms with E-state index in [1.54, 1.807) is 10.6 Å². The molecule has 0 atom stereocenters. The molecule has 0 bridgehead atoms. The number of hydrogen-bond acceptors (Lipinski definition) is 5. The van der Waals surface area contributed by atoms with Crippen LogP contribution in [0.25, 0.3) is 0 Å². The molecule has 2 N–H and O–H groups in total. The number of nitro groups is 1. The number of benzene rings is 1. The highest BCUT2D eigenvalue weighted by Crippen LogP contribution is 2.22. The molecule has 1 aromatic heterocycles. The summed E-state index contributed by atoms with van der Waals surface area (Å²) in [5.41, 5.74) is 6.20. The predicted molar refractivity (Wildman–Crippen MR) is 76.0 cm³/mol. The van der Waals surface area contributed by atoms with Gasteiger partial charge in [-0.25, -0.2) is 9.48 Å². The normalized spacial score (nSPS) is 13.9. The highest BCUT2D eigenvalue weighted by Gasteiger charge is 2.17. The van der Waals surface area contributed by atoms with E-state index >= 15 is 0 Å². The van der Waals surface area contributed by atoms with Crippen LogP contribution < -0.4 is 11.4 Å². The summed E-state index contributed by atoms with van der Waals surface area (Å²) in [5.74, 6) is 0.807. The van der Waals surface area contributed by atoms with E-state index in [1.807, 2.05) is 0 Å². The van der Waals surface area contributed by atoms with Crippen molar-refractivity contribution in [2.24, 2.45) is 0 Å². The number of fused-ring (bicyclic) bond motifs is 1. The summed E-state index contributed by atoms with van der Waals surface area (Å²) in [5, 5.41) is 15.1. The van der Waals surface area contributed by atoms with Gasteiger partial charge in [0.05, 0.1) is 11.5 Å². The van der Waals surface area contributed by atoms with Gasteiger partial charge in [-0.3, -0.25) is 14.7 Å². The molecule has 0 spiro atoms. The van der Waals surface area contributed by atoms with Gasteiger partial charge in [-0.1, -0.05) is 6.07 Å². The molecule has 0 fully saturated rings. The molecule has 0 unspecified atom stereocenters. The maximum absolute atomic E-state index is 12.2. The first-order valence-electron chi connectivity index (χ1n) is 6.75. The maximum Gasteiger partial charge on any atom is 0.346 e. The van der Waals surface area contributed by atoms with Crippen LogP contribution in [0.2, 0.25) is 0 Å². The van der Waals surface area contributed by atoms with E-state index in [0.717, 1.165) is 30.7 Å². The Balaban J connectivity index is 1.91. The van der Waals surface area contributed by atoms with E-state index < -0.39 is 4.92 Å². The summed E-state index contributed by atoms with van der Waals surface area (Å²) >= 11 is 0. The lowest BCUT2D eigenvalue weighted by molar-refractivity contribution is -0.383. The second-order valence-corrected chi connectivity index (χ2v) is 5.12. The van der Waals surface area contributed by atoms with Crippen LogP contribution in [0.15, 0.2) is 23.0 Å². The highest BCUT2D eigenvalue weighted by atomic mass is 16.6. The lowest BCUT2D eigenvalue weighted by Crippen LogP contribution is -2.27. The molecule has 21 heavy (non-hydrogen) atoms. The average molecular weight is 289 g/mol. The minimum Gasteiger partial charge on any atom is -0.393 e. The molecule has 0 radical (unpaired) electrons. The van der Waals surface area contributed by atoms with E-state index in [-0.39, 0.29) is 23.6 Å². The third kappa shape index (κ3) is 2.39. The van der Waals surface area contributed by atoms with Gasteiger partial charge in [-0.2, -0.15) is 5.10 Å². The first-order valence-corrected chi connectivity index (χ1v) is 6.75. The van der Waals surface area contributed by atoms with Crippen molar-refractivity contribution in [3.63, 3.8) is 0 Å². The quantitative estimate of drug-likeness (QED) is 0.513. The molecular weight excluding hydrogens is 274 g/mol. The van der Waals surface area contributed by atoms with Crippen LogP contribution in [0.5, 0.6) is 0 Å². The molecular formula is C13H15N5O3. The monoisotopic (exact) mass is 289 g/mol. The lowest BCUT2D eigenvalue weighted by atomic mass is 10.2. The molecule has 2 aromatic rings. The SMILES string of the molecule is Nc1cc(Cn2nc3n(c2=O)CCCC3)ccc1[N+](=O)[O-]. The number of anilines is 1. The number of nitrogens with two attached hydrogens (primary N) is 1. The zero-order valence-corrected chi connectivity index (χ0v) is 11.4. The van der Waals surface area contributed by atoms with Crippen LogP contribution in [0.3, 0.4) is 0 Å². The van der Waals surface area contributed by atoms with Gasteiger partial charge in [0.1, 0.15) is 11.5 Å². The van der Waals surface area contributed by atoms with Gasteiger partial charge in [0.25, 0.3) is 5.69 Å². The fourth-order valence-electron chi connectivity index (χ4n) is 2.59. The molecule has 0 saturated carbocycles. The van der Waals surface area contributed by atoms with Crippen LogP contribution in [-0.4, -0.2) is 19.3 Å². The Labute approximate surface area is 119 Å². The topological polar surface area (TPSA) is 109 Å². The van der Waals surface area contributed by atoms with Crippen molar-refractivity contribution in [2.45, 2.75) is 32.4 Å². The number of nitrogen functional groups attached to an aromatic ring is 1. The van der Waals surface area contributed by atoms with Crippen molar-refractivity contribution in [3.8, 4) is 0 Å². The Morgan fingerprint density at radius 1 is 1.38 bits per heavy atom. The van der Waals surface area contributed by atoms with Crippen molar-refractivity contribution >= 4 is 11.4 Å². The van der Waals surface area contributed by atoms with E-state index in [9.17, 15) is 14.9 Å². The Morgan fingerprint density at radius 3 is 2.86 bits per heavy atom. The van der Waals surface area contributed by atoms with Crippen molar-refractivity contribution in [3.05, 3.63) is 50.2 Å². The first-order chi connectivity index (χ1) is 10.1. The summed E-state index contributed by atoms with van der Waals surface area (Å²) in [6, 6.07) is 4.47. The van der Waals surface area contributed by atoms with Gasteiger partial charge < -0.3 is 5.73 Å². The van der Waals surface area contributed by atoms with Gasteiger partial charge >= 0.3 is 5.69 Å². The Hall–Kier alpha value is -2.64. The summed E-state index contributed by atoms with van der Waals surface area (Å²) < 4.78 is 3.08. The molecule has 0 amide bonds. The van der Waals surface area contributed by atoms with Crippen molar-refractivity contribution in [1.29, 1.82) is 0 Å². The minimum atomic E-state index is -0.527. The third-order valence-corrected chi connectivity index (χ3v) is 3.65. The fraction of sp³-hybridized carbons (Fsp3) is 0.385. The van der Waals surface area contributed by atoms with Crippen molar-refractivity contribution in [1.82, 2.24) is 14.3 Å². The molecule has 2 heterocycles. The number of aromatic nitrogens is 3. The zero-order valence-electron chi connectivity index (χ0n) is 11.4. The Kier molecular flexibility index (Phi) is 3.20. The number of rotatable bonds is 3. The molecule has 1 aliphatic rings. The fourth-order valence-corrected chi connectivity index (χ4v) is 2.59. The van der Waals surface area contributed by atoms with Gasteiger partial charge in [0, 0.05) is 19.0 Å². The van der Waals surface area contributed by atoms with Crippen LogP contribution in [0.4, 0.5) is 11.4 Å². The number of nitro benzene ring substituents is 1. The summed E-state index contributed by atoms with van der Waals surface area (Å²) in [6.45, 7) is 0.970. The van der Waals surface area contributed by atoms with Crippen molar-refractivity contribution < 1.29 is 4.92 Å². The first kappa shape index (κ1) is 13.3. The van der Waals surface area contributed by atoms with Gasteiger partial charge in [0.2, 0.25) is 0 Å². The molecule has 0 saturated heterocycles. The minimum absolute atomic E-state index is 0.0921. The van der Waals surface area contributed by atoms with Crippen molar-refractivity contribution in [2.75, 3.05) is 5.73 Å². The predicted octanol–water partition coefficient (Wildman–Crippen LogP) is 0.920. The Morgan fingerprint density at radius 2 is 2.19 bits per heavy atom. The molecule has 0 aliphatic carbocycles. The molecule has 8 heteroatoms. The number of hydrogen-bond donors (Lipinski definition) is 1. The van der Waals surface area contributed by atoms with Gasteiger partial charge in [-0.05, 0) is 24.5 Å². The number of aryl methyl sites for hydroxylation is 1. The van der Waals surface area contributed by atoms with E-state index in [0.29, 0.717) is 6.54 Å². The standard InChI is InChI=1S/C13H15N5O3/c14-10-7-9(4-5-11(10)18(20)21)8-17-13(19)16-6-2-1-3-12(16)15-17/h4-5,7H,1-3,6,8,14H2. The smallest absolute Gasteiger partial charge is 0.346 e. The molecule has 1 aromatic carbocycles. The maximum atomic E-state index is 12.2. The molecule has 3 rings (SSSR count). The summed E-state index contributed by atoms with van der Waals surface area (Å²) in [7, 11) is 0.